The first kappa shape index (κ1) is 12.3. The smallest absolute Gasteiger partial charge is 0.133 e. The van der Waals surface area contributed by atoms with Gasteiger partial charge in [-0.15, -0.1) is 0 Å². The van der Waals surface area contributed by atoms with Gasteiger partial charge in [-0.05, 0) is 28.1 Å². The van der Waals surface area contributed by atoms with Crippen molar-refractivity contribution in [2.45, 2.75) is 6.04 Å². The normalized spacial score (nSPS) is 12.3. The minimum absolute atomic E-state index is 0.138. The molecule has 84 valence electrons. The first-order chi connectivity index (χ1) is 7.13. The van der Waals surface area contributed by atoms with Gasteiger partial charge in [-0.2, -0.15) is 0 Å². The van der Waals surface area contributed by atoms with Crippen molar-refractivity contribution in [3.05, 3.63) is 22.2 Å². The number of aliphatic hydroxyl groups excluding tert-OH is 1. The Labute approximate surface area is 97.1 Å². The third-order valence-corrected chi connectivity index (χ3v) is 2.72. The van der Waals surface area contributed by atoms with Crippen molar-refractivity contribution in [1.82, 2.24) is 0 Å². The van der Waals surface area contributed by atoms with E-state index in [2.05, 4.69) is 15.9 Å². The van der Waals surface area contributed by atoms with Crippen LogP contribution in [-0.2, 0) is 0 Å². The Morgan fingerprint density at radius 2 is 1.93 bits per heavy atom. The van der Waals surface area contributed by atoms with Crippen molar-refractivity contribution < 1.29 is 14.6 Å². The lowest BCUT2D eigenvalue weighted by Gasteiger charge is -2.15. The topological polar surface area (TPSA) is 64.7 Å². The van der Waals surface area contributed by atoms with Crippen molar-refractivity contribution >= 4 is 15.9 Å². The Morgan fingerprint density at radius 3 is 2.40 bits per heavy atom. The second-order valence-electron chi connectivity index (χ2n) is 3.02. The van der Waals surface area contributed by atoms with E-state index < -0.39 is 6.04 Å². The number of halogens is 1. The summed E-state index contributed by atoms with van der Waals surface area (Å²) in [6.07, 6.45) is 0. The van der Waals surface area contributed by atoms with Crippen LogP contribution in [0.15, 0.2) is 16.6 Å². The van der Waals surface area contributed by atoms with Gasteiger partial charge in [-0.25, -0.2) is 0 Å². The molecule has 4 nitrogen and oxygen atoms in total. The third kappa shape index (κ3) is 2.62. The van der Waals surface area contributed by atoms with Gasteiger partial charge in [-0.1, -0.05) is 0 Å². The maximum absolute atomic E-state index is 9.01. The highest BCUT2D eigenvalue weighted by molar-refractivity contribution is 9.10. The zero-order valence-corrected chi connectivity index (χ0v) is 10.2. The van der Waals surface area contributed by atoms with Gasteiger partial charge >= 0.3 is 0 Å². The summed E-state index contributed by atoms with van der Waals surface area (Å²) in [5.41, 5.74) is 6.47. The van der Waals surface area contributed by atoms with Gasteiger partial charge < -0.3 is 20.3 Å². The molecule has 0 unspecified atom stereocenters. The number of ether oxygens (including phenoxy) is 2. The molecule has 0 amide bonds. The number of nitrogens with two attached hydrogens (primary N) is 1. The molecule has 5 heteroatoms. The average molecular weight is 276 g/mol. The van der Waals surface area contributed by atoms with Crippen molar-refractivity contribution in [3.8, 4) is 11.5 Å². The molecule has 0 bridgehead atoms. The average Bonchev–Trinajstić information content (AvgIpc) is 2.27. The summed E-state index contributed by atoms with van der Waals surface area (Å²) in [5.74, 6) is 1.29. The van der Waals surface area contributed by atoms with E-state index in [4.69, 9.17) is 20.3 Å². The van der Waals surface area contributed by atoms with Gasteiger partial charge in [0, 0.05) is 5.56 Å². The number of hydrogen-bond donors (Lipinski definition) is 2. The molecule has 15 heavy (non-hydrogen) atoms. The second-order valence-corrected chi connectivity index (χ2v) is 3.87. The molecule has 3 N–H and O–H groups in total. The van der Waals surface area contributed by atoms with E-state index >= 15 is 0 Å². The van der Waals surface area contributed by atoms with E-state index in [1.165, 1.54) is 0 Å². The Morgan fingerprint density at radius 1 is 1.33 bits per heavy atom. The Balaban J connectivity index is 3.22. The van der Waals surface area contributed by atoms with Gasteiger partial charge in [0.05, 0.1) is 31.3 Å². The van der Waals surface area contributed by atoms with Crippen molar-refractivity contribution in [1.29, 1.82) is 0 Å². The fourth-order valence-electron chi connectivity index (χ4n) is 1.27. The summed E-state index contributed by atoms with van der Waals surface area (Å²) < 4.78 is 11.1. The fraction of sp³-hybridized carbons (Fsp3) is 0.400. The molecule has 1 atom stereocenters. The highest BCUT2D eigenvalue weighted by Crippen LogP contribution is 2.34. The van der Waals surface area contributed by atoms with Crippen molar-refractivity contribution in [2.75, 3.05) is 20.8 Å². The largest absolute Gasteiger partial charge is 0.496 e. The Kier molecular flexibility index (Phi) is 4.38. The zero-order chi connectivity index (χ0) is 11.4. The maximum Gasteiger partial charge on any atom is 0.133 e. The number of aliphatic hydroxyl groups is 1. The lowest BCUT2D eigenvalue weighted by Crippen LogP contribution is -2.15. The molecule has 0 aliphatic carbocycles. The monoisotopic (exact) mass is 275 g/mol. The first-order valence-electron chi connectivity index (χ1n) is 4.41. The first-order valence-corrected chi connectivity index (χ1v) is 5.21. The molecule has 0 saturated heterocycles. The van der Waals surface area contributed by atoms with Crippen LogP contribution in [0, 0.1) is 0 Å². The van der Waals surface area contributed by atoms with E-state index in [-0.39, 0.29) is 6.61 Å². The standard InChI is InChI=1S/C10H14BrNO3/c1-14-9-4-7(11)10(15-2)3-6(9)8(12)5-13/h3-4,8,13H,5,12H2,1-2H3/t8-/m0/s1. The summed E-state index contributed by atoms with van der Waals surface area (Å²) in [5, 5.41) is 9.01. The number of hydrogen-bond acceptors (Lipinski definition) is 4. The van der Waals surface area contributed by atoms with Crippen LogP contribution in [0.4, 0.5) is 0 Å². The molecule has 0 radical (unpaired) electrons. The van der Waals surface area contributed by atoms with Crippen LogP contribution in [0.25, 0.3) is 0 Å². The number of rotatable bonds is 4. The van der Waals surface area contributed by atoms with Gasteiger partial charge in [-0.3, -0.25) is 0 Å². The molecule has 0 aliphatic rings. The summed E-state index contributed by atoms with van der Waals surface area (Å²) in [6.45, 7) is -0.138. The predicted molar refractivity (Wildman–Crippen MR) is 61.3 cm³/mol. The third-order valence-electron chi connectivity index (χ3n) is 2.10. The van der Waals surface area contributed by atoms with Crippen molar-refractivity contribution in [3.63, 3.8) is 0 Å². The summed E-state index contributed by atoms with van der Waals surface area (Å²) in [6, 6.07) is 3.05. The van der Waals surface area contributed by atoms with Crippen molar-refractivity contribution in [2.24, 2.45) is 5.73 Å². The second kappa shape index (κ2) is 5.34. The molecule has 0 fully saturated rings. The molecular weight excluding hydrogens is 262 g/mol. The fourth-order valence-corrected chi connectivity index (χ4v) is 1.76. The lowest BCUT2D eigenvalue weighted by molar-refractivity contribution is 0.264. The molecule has 0 heterocycles. The Bertz CT molecular complexity index is 344. The SMILES string of the molecule is COc1cc([C@@H](N)CO)c(OC)cc1Br. The number of benzene rings is 1. The lowest BCUT2D eigenvalue weighted by atomic mass is 10.1. The van der Waals surface area contributed by atoms with E-state index in [1.54, 1.807) is 26.4 Å². The maximum atomic E-state index is 9.01. The highest BCUT2D eigenvalue weighted by atomic mass is 79.9. The molecule has 0 aromatic heterocycles. The zero-order valence-electron chi connectivity index (χ0n) is 8.66. The van der Waals surface area contributed by atoms with E-state index in [1.807, 2.05) is 0 Å². The van der Waals surface area contributed by atoms with Crippen LogP contribution in [0.1, 0.15) is 11.6 Å². The van der Waals surface area contributed by atoms with Crippen LogP contribution >= 0.6 is 15.9 Å². The molecule has 1 aromatic carbocycles. The molecule has 1 aromatic rings. The predicted octanol–water partition coefficient (Wildman–Crippen LogP) is 1.46. The van der Waals surface area contributed by atoms with E-state index in [0.29, 0.717) is 11.5 Å². The van der Waals surface area contributed by atoms with Crippen LogP contribution in [0.2, 0.25) is 0 Å². The number of methoxy groups -OCH3 is 2. The minimum atomic E-state index is -0.470. The summed E-state index contributed by atoms with van der Waals surface area (Å²) in [7, 11) is 3.13. The Hall–Kier alpha value is -0.780. The van der Waals surface area contributed by atoms with Crippen LogP contribution in [0.5, 0.6) is 11.5 Å². The molecule has 0 aliphatic heterocycles. The molecule has 1 rings (SSSR count). The van der Waals surface area contributed by atoms with Gasteiger partial charge in [0.2, 0.25) is 0 Å². The molecular formula is C10H14BrNO3. The minimum Gasteiger partial charge on any atom is -0.496 e. The summed E-state index contributed by atoms with van der Waals surface area (Å²) in [4.78, 5) is 0. The van der Waals surface area contributed by atoms with Gasteiger partial charge in [0.1, 0.15) is 11.5 Å². The highest BCUT2D eigenvalue weighted by Gasteiger charge is 2.14. The summed E-state index contributed by atoms with van der Waals surface area (Å²) >= 11 is 3.34. The van der Waals surface area contributed by atoms with Gasteiger partial charge in [0.15, 0.2) is 0 Å². The van der Waals surface area contributed by atoms with E-state index in [9.17, 15) is 0 Å². The molecule has 0 spiro atoms. The van der Waals surface area contributed by atoms with Crippen LogP contribution < -0.4 is 15.2 Å². The van der Waals surface area contributed by atoms with E-state index in [0.717, 1.165) is 10.0 Å². The van der Waals surface area contributed by atoms with Crippen LogP contribution in [0.3, 0.4) is 0 Å². The van der Waals surface area contributed by atoms with Gasteiger partial charge in [0.25, 0.3) is 0 Å². The molecule has 0 saturated carbocycles. The quantitative estimate of drug-likeness (QED) is 0.873. The van der Waals surface area contributed by atoms with Crippen LogP contribution in [-0.4, -0.2) is 25.9 Å².